The van der Waals surface area contributed by atoms with Crippen LogP contribution in [-0.2, 0) is 11.2 Å². The number of halogens is 4. The van der Waals surface area contributed by atoms with Gasteiger partial charge < -0.3 is 9.84 Å². The summed E-state index contributed by atoms with van der Waals surface area (Å²) in [4.78, 5) is 0. The average Bonchev–Trinajstić information content (AvgIpc) is 2.19. The number of ether oxygens (including phenoxy) is 1. The minimum atomic E-state index is -4.35. The number of benzene rings is 1. The van der Waals surface area contributed by atoms with Gasteiger partial charge in [-0.2, -0.15) is 13.2 Å². The molecule has 0 saturated heterocycles. The second kappa shape index (κ2) is 6.37. The zero-order chi connectivity index (χ0) is 12.9. The Morgan fingerprint density at radius 3 is 2.53 bits per heavy atom. The van der Waals surface area contributed by atoms with Crippen molar-refractivity contribution in [2.24, 2.45) is 0 Å². The van der Waals surface area contributed by atoms with E-state index in [1.165, 1.54) is 0 Å². The third-order valence-corrected chi connectivity index (χ3v) is 2.76. The minimum Gasteiger partial charge on any atom is -0.390 e. The Morgan fingerprint density at radius 2 is 1.94 bits per heavy atom. The fraction of sp³-hybridized carbons (Fsp3) is 0.455. The number of aliphatic hydroxyl groups excluding tert-OH is 1. The van der Waals surface area contributed by atoms with Gasteiger partial charge in [-0.3, -0.25) is 0 Å². The van der Waals surface area contributed by atoms with Gasteiger partial charge in [0.05, 0.1) is 12.7 Å². The number of hydrogen-bond donors (Lipinski definition) is 1. The summed E-state index contributed by atoms with van der Waals surface area (Å²) >= 11 is 3.29. The van der Waals surface area contributed by atoms with Crippen LogP contribution in [0.1, 0.15) is 5.56 Å². The quantitative estimate of drug-likeness (QED) is 0.906. The minimum absolute atomic E-state index is 0.249. The van der Waals surface area contributed by atoms with Crippen molar-refractivity contribution in [3.05, 3.63) is 34.3 Å². The molecule has 1 aromatic carbocycles. The van der Waals surface area contributed by atoms with Crippen LogP contribution in [0.15, 0.2) is 28.7 Å². The van der Waals surface area contributed by atoms with Gasteiger partial charge in [0.15, 0.2) is 0 Å². The van der Waals surface area contributed by atoms with Gasteiger partial charge in [0.25, 0.3) is 0 Å². The normalized spacial score (nSPS) is 13.7. The Labute approximate surface area is 106 Å². The van der Waals surface area contributed by atoms with E-state index in [9.17, 15) is 18.3 Å². The summed E-state index contributed by atoms with van der Waals surface area (Å²) in [5, 5.41) is 9.51. The third-order valence-electron chi connectivity index (χ3n) is 1.99. The summed E-state index contributed by atoms with van der Waals surface area (Å²) in [6, 6.07) is 7.21. The Bertz CT molecular complexity index is 355. The maximum atomic E-state index is 11.8. The third kappa shape index (κ3) is 6.05. The van der Waals surface area contributed by atoms with Crippen LogP contribution >= 0.6 is 15.9 Å². The molecule has 0 aromatic heterocycles. The molecule has 0 aliphatic rings. The lowest BCUT2D eigenvalue weighted by Crippen LogP contribution is -2.24. The number of hydrogen-bond acceptors (Lipinski definition) is 2. The van der Waals surface area contributed by atoms with Gasteiger partial charge in [-0.05, 0) is 11.6 Å². The van der Waals surface area contributed by atoms with E-state index in [1.54, 1.807) is 18.2 Å². The van der Waals surface area contributed by atoms with E-state index in [4.69, 9.17) is 0 Å². The molecule has 6 heteroatoms. The Morgan fingerprint density at radius 1 is 1.29 bits per heavy atom. The zero-order valence-corrected chi connectivity index (χ0v) is 10.5. The molecule has 0 spiro atoms. The molecular weight excluding hydrogens is 301 g/mol. The van der Waals surface area contributed by atoms with Crippen molar-refractivity contribution in [2.75, 3.05) is 13.2 Å². The van der Waals surface area contributed by atoms with E-state index in [2.05, 4.69) is 20.7 Å². The van der Waals surface area contributed by atoms with E-state index in [1.807, 2.05) is 6.07 Å². The second-order valence-electron chi connectivity index (χ2n) is 3.58. The SMILES string of the molecule is OC(COCC(F)(F)F)Cc1ccccc1Br. The van der Waals surface area contributed by atoms with E-state index >= 15 is 0 Å². The highest BCUT2D eigenvalue weighted by atomic mass is 79.9. The van der Waals surface area contributed by atoms with E-state index in [-0.39, 0.29) is 13.0 Å². The fourth-order valence-electron chi connectivity index (χ4n) is 1.29. The molecule has 1 aromatic rings. The molecule has 1 N–H and O–H groups in total. The highest BCUT2D eigenvalue weighted by Gasteiger charge is 2.27. The van der Waals surface area contributed by atoms with Crippen LogP contribution in [-0.4, -0.2) is 30.6 Å². The summed E-state index contributed by atoms with van der Waals surface area (Å²) in [5.41, 5.74) is 0.829. The van der Waals surface area contributed by atoms with Crippen molar-refractivity contribution in [3.63, 3.8) is 0 Å². The molecule has 0 aliphatic heterocycles. The maximum Gasteiger partial charge on any atom is 0.411 e. The van der Waals surface area contributed by atoms with Gasteiger partial charge in [-0.25, -0.2) is 0 Å². The van der Waals surface area contributed by atoms with Crippen LogP contribution in [0.25, 0.3) is 0 Å². The highest BCUT2D eigenvalue weighted by Crippen LogP contribution is 2.18. The second-order valence-corrected chi connectivity index (χ2v) is 4.43. The molecule has 0 aliphatic carbocycles. The van der Waals surface area contributed by atoms with Crippen molar-refractivity contribution in [1.29, 1.82) is 0 Å². The molecule has 0 amide bonds. The first-order valence-electron chi connectivity index (χ1n) is 4.94. The standard InChI is InChI=1S/C11H12BrF3O2/c12-10-4-2-1-3-8(10)5-9(16)6-17-7-11(13,14)15/h1-4,9,16H,5-7H2. The van der Waals surface area contributed by atoms with Crippen molar-refractivity contribution < 1.29 is 23.0 Å². The maximum absolute atomic E-state index is 11.8. The van der Waals surface area contributed by atoms with Crippen molar-refractivity contribution in [2.45, 2.75) is 18.7 Å². The zero-order valence-electron chi connectivity index (χ0n) is 8.88. The van der Waals surface area contributed by atoms with Crippen LogP contribution in [0.2, 0.25) is 0 Å². The fourth-order valence-corrected chi connectivity index (χ4v) is 1.73. The van der Waals surface area contributed by atoms with Gasteiger partial charge >= 0.3 is 6.18 Å². The molecule has 0 saturated carbocycles. The predicted octanol–water partition coefficient (Wildman–Crippen LogP) is 2.93. The molecule has 2 nitrogen and oxygen atoms in total. The van der Waals surface area contributed by atoms with Gasteiger partial charge in [0, 0.05) is 10.9 Å². The van der Waals surface area contributed by atoms with E-state index in [0.29, 0.717) is 0 Å². The summed E-state index contributed by atoms with van der Waals surface area (Å²) < 4.78 is 40.5. The molecule has 0 radical (unpaired) electrons. The summed E-state index contributed by atoms with van der Waals surface area (Å²) in [7, 11) is 0. The Kier molecular flexibility index (Phi) is 5.42. The largest absolute Gasteiger partial charge is 0.411 e. The summed E-state index contributed by atoms with van der Waals surface area (Å²) in [6.07, 6.45) is -5.05. The van der Waals surface area contributed by atoms with Gasteiger partial charge in [-0.1, -0.05) is 34.1 Å². The predicted molar refractivity (Wildman–Crippen MR) is 60.7 cm³/mol. The first-order valence-corrected chi connectivity index (χ1v) is 5.74. The van der Waals surface area contributed by atoms with Crippen molar-refractivity contribution >= 4 is 15.9 Å². The van der Waals surface area contributed by atoms with Gasteiger partial charge in [-0.15, -0.1) is 0 Å². The molecule has 0 heterocycles. The topological polar surface area (TPSA) is 29.5 Å². The van der Waals surface area contributed by atoms with Crippen molar-refractivity contribution in [1.82, 2.24) is 0 Å². The van der Waals surface area contributed by atoms with Crippen molar-refractivity contribution in [3.8, 4) is 0 Å². The molecule has 1 rings (SSSR count). The van der Waals surface area contributed by atoms with Gasteiger partial charge in [0.1, 0.15) is 6.61 Å². The Hall–Kier alpha value is -0.590. The van der Waals surface area contributed by atoms with Crippen LogP contribution in [0.3, 0.4) is 0 Å². The number of alkyl halides is 3. The average molecular weight is 313 g/mol. The van der Waals surface area contributed by atoms with E-state index < -0.39 is 18.9 Å². The van der Waals surface area contributed by atoms with Crippen LogP contribution in [0.5, 0.6) is 0 Å². The molecule has 1 unspecified atom stereocenters. The lowest BCUT2D eigenvalue weighted by molar-refractivity contribution is -0.179. The van der Waals surface area contributed by atoms with Crippen LogP contribution < -0.4 is 0 Å². The highest BCUT2D eigenvalue weighted by molar-refractivity contribution is 9.10. The van der Waals surface area contributed by atoms with E-state index in [0.717, 1.165) is 10.0 Å². The first-order chi connectivity index (χ1) is 7.88. The first kappa shape index (κ1) is 14.5. The molecule has 0 bridgehead atoms. The summed E-state index contributed by atoms with van der Waals surface area (Å²) in [6.45, 7) is -1.67. The van der Waals surface area contributed by atoms with Crippen LogP contribution in [0, 0.1) is 0 Å². The van der Waals surface area contributed by atoms with Gasteiger partial charge in [0.2, 0.25) is 0 Å². The van der Waals surface area contributed by atoms with Crippen LogP contribution in [0.4, 0.5) is 13.2 Å². The number of aliphatic hydroxyl groups is 1. The number of rotatable bonds is 5. The smallest absolute Gasteiger partial charge is 0.390 e. The lowest BCUT2D eigenvalue weighted by atomic mass is 10.1. The Balaban J connectivity index is 2.35. The molecule has 96 valence electrons. The molecule has 1 atom stereocenters. The summed E-state index contributed by atoms with van der Waals surface area (Å²) in [5.74, 6) is 0. The lowest BCUT2D eigenvalue weighted by Gasteiger charge is -2.13. The molecule has 0 fully saturated rings. The molecular formula is C11H12BrF3O2. The monoisotopic (exact) mass is 312 g/mol. The molecule has 17 heavy (non-hydrogen) atoms.